The molecule has 0 radical (unpaired) electrons. The minimum absolute atomic E-state index is 0.429. The van der Waals surface area contributed by atoms with E-state index in [0.29, 0.717) is 12.2 Å². The van der Waals surface area contributed by atoms with Gasteiger partial charge in [0.1, 0.15) is 24.7 Å². The van der Waals surface area contributed by atoms with Gasteiger partial charge >= 0.3 is 11.2 Å². The largest absolute Gasteiger partial charge is 0.492 e. The summed E-state index contributed by atoms with van der Waals surface area (Å²) in [6.45, 7) is 11.5. The van der Waals surface area contributed by atoms with E-state index in [1.54, 1.807) is 12.1 Å². The number of halogens is 1. The number of hydrogen-bond donors (Lipinski definition) is 0. The Balaban J connectivity index is 0.000000193. The maximum Gasteiger partial charge on any atom is 0.391 e. The molecule has 2 heterocycles. The number of benzene rings is 4. The standard InChI is InChI=1S/C19H21NO4.C16H19NO2.C3H3ClO3/c1-14(21)19(22)17-6-7-18(16-5-3-2-4-15(16)17)24-13-10-20-8-11-23-12-9-20;1-2-6-15-14(4-1)5-3-7-16(15)19-13-10-17-8-11-18-12-9-17;1-7-3(6)2(4)5/h2-7H,8-13H2,1H3;1-7H,8-13H2;1H3. The average molecular weight is 707 g/mol. The van der Waals surface area contributed by atoms with Gasteiger partial charge in [-0.15, -0.1) is 0 Å². The van der Waals surface area contributed by atoms with Crippen LogP contribution in [0.1, 0.15) is 17.3 Å². The highest BCUT2D eigenvalue weighted by Gasteiger charge is 2.17. The number of carbonyl (C=O) groups excluding carboxylic acids is 4. The van der Waals surface area contributed by atoms with Crippen molar-refractivity contribution in [3.63, 3.8) is 0 Å². The Morgan fingerprint density at radius 1 is 0.660 bits per heavy atom. The van der Waals surface area contributed by atoms with Crippen LogP contribution in [-0.2, 0) is 28.6 Å². The lowest BCUT2D eigenvalue weighted by Gasteiger charge is -2.26. The van der Waals surface area contributed by atoms with Crippen molar-refractivity contribution in [2.75, 3.05) is 86.0 Å². The van der Waals surface area contributed by atoms with Crippen LogP contribution in [0.3, 0.4) is 0 Å². The number of morpholine rings is 2. The summed E-state index contributed by atoms with van der Waals surface area (Å²) in [6, 6.07) is 25.5. The molecule has 11 nitrogen and oxygen atoms in total. The van der Waals surface area contributed by atoms with E-state index in [4.69, 9.17) is 18.9 Å². The van der Waals surface area contributed by atoms with Gasteiger partial charge in [-0.25, -0.2) is 4.79 Å². The fraction of sp³-hybridized carbons (Fsp3) is 0.368. The molecule has 0 saturated carbocycles. The number of Topliss-reactive ketones (excluding diaryl/α,β-unsaturated/α-hetero) is 2. The second-order valence-corrected chi connectivity index (χ2v) is 11.7. The molecule has 0 spiro atoms. The summed E-state index contributed by atoms with van der Waals surface area (Å²) < 4.78 is 26.4. The third-order valence-electron chi connectivity index (χ3n) is 8.08. The van der Waals surface area contributed by atoms with Crippen LogP contribution >= 0.6 is 11.6 Å². The number of rotatable bonds is 11. The molecule has 0 amide bonds. The molecule has 0 bridgehead atoms. The van der Waals surface area contributed by atoms with Crippen molar-refractivity contribution in [1.29, 1.82) is 0 Å². The fourth-order valence-electron chi connectivity index (χ4n) is 5.41. The molecule has 2 aliphatic rings. The summed E-state index contributed by atoms with van der Waals surface area (Å²) in [7, 11) is 1.09. The first-order valence-corrected chi connectivity index (χ1v) is 16.8. The van der Waals surface area contributed by atoms with Gasteiger partial charge < -0.3 is 23.7 Å². The lowest BCUT2D eigenvalue weighted by atomic mass is 9.99. The Hall–Kier alpha value is -4.39. The number of fused-ring (bicyclic) bond motifs is 2. The smallest absolute Gasteiger partial charge is 0.391 e. The van der Waals surface area contributed by atoms with E-state index < -0.39 is 22.8 Å². The Morgan fingerprint density at radius 3 is 1.68 bits per heavy atom. The summed E-state index contributed by atoms with van der Waals surface area (Å²) in [5, 5.41) is 2.93. The predicted octanol–water partition coefficient (Wildman–Crippen LogP) is 4.80. The zero-order chi connectivity index (χ0) is 35.7. The normalized spacial score (nSPS) is 14.8. The Labute approximate surface area is 296 Å². The van der Waals surface area contributed by atoms with Crippen LogP contribution in [0.15, 0.2) is 78.9 Å². The summed E-state index contributed by atoms with van der Waals surface area (Å²) in [5.74, 6) is -0.237. The topological polar surface area (TPSA) is 121 Å². The number of hydrogen-bond acceptors (Lipinski definition) is 11. The van der Waals surface area contributed by atoms with Crippen molar-refractivity contribution in [2.24, 2.45) is 0 Å². The van der Waals surface area contributed by atoms with E-state index in [1.807, 2.05) is 36.4 Å². The molecule has 0 unspecified atom stereocenters. The number of ketones is 2. The molecular weight excluding hydrogens is 664 g/mol. The van der Waals surface area contributed by atoms with Crippen LogP contribution in [0.5, 0.6) is 11.5 Å². The number of methoxy groups -OCH3 is 1. The monoisotopic (exact) mass is 706 g/mol. The summed E-state index contributed by atoms with van der Waals surface area (Å²) >= 11 is 4.61. The van der Waals surface area contributed by atoms with E-state index >= 15 is 0 Å². The Kier molecular flexibility index (Phi) is 15.6. The maximum atomic E-state index is 12.1. The van der Waals surface area contributed by atoms with Crippen molar-refractivity contribution in [3.8, 4) is 11.5 Å². The van der Waals surface area contributed by atoms with Gasteiger partial charge in [-0.3, -0.25) is 24.2 Å². The lowest BCUT2D eigenvalue weighted by molar-refractivity contribution is -0.148. The van der Waals surface area contributed by atoms with Crippen LogP contribution in [0.2, 0.25) is 0 Å². The highest BCUT2D eigenvalue weighted by molar-refractivity contribution is 6.80. The number of ether oxygens (including phenoxy) is 5. The molecular formula is C38H43ClN2O9. The highest BCUT2D eigenvalue weighted by Crippen LogP contribution is 2.29. The third kappa shape index (κ3) is 11.6. The third-order valence-corrected chi connectivity index (χ3v) is 8.24. The number of nitrogens with zero attached hydrogens (tertiary/aromatic N) is 2. The van der Waals surface area contributed by atoms with Gasteiger partial charge in [0.15, 0.2) is 5.78 Å². The average Bonchev–Trinajstić information content (AvgIpc) is 3.15. The van der Waals surface area contributed by atoms with Gasteiger partial charge in [0.2, 0.25) is 5.78 Å². The van der Waals surface area contributed by atoms with Crippen molar-refractivity contribution < 1.29 is 42.9 Å². The van der Waals surface area contributed by atoms with Crippen molar-refractivity contribution in [1.82, 2.24) is 9.80 Å². The first-order valence-electron chi connectivity index (χ1n) is 16.5. The van der Waals surface area contributed by atoms with E-state index in [-0.39, 0.29) is 0 Å². The van der Waals surface area contributed by atoms with Crippen LogP contribution in [0, 0.1) is 0 Å². The van der Waals surface area contributed by atoms with E-state index in [1.165, 1.54) is 17.7 Å². The quantitative estimate of drug-likeness (QED) is 0.0926. The molecule has 4 aromatic rings. The van der Waals surface area contributed by atoms with E-state index in [9.17, 15) is 19.2 Å². The lowest BCUT2D eigenvalue weighted by Crippen LogP contribution is -2.38. The van der Waals surface area contributed by atoms with Gasteiger partial charge in [-0.05, 0) is 40.6 Å². The molecule has 12 heteroatoms. The van der Waals surface area contributed by atoms with Crippen LogP contribution in [0.4, 0.5) is 0 Å². The molecule has 2 aliphatic heterocycles. The molecule has 266 valence electrons. The van der Waals surface area contributed by atoms with E-state index in [0.717, 1.165) is 102 Å². The van der Waals surface area contributed by atoms with E-state index in [2.05, 4.69) is 56.5 Å². The molecule has 6 rings (SSSR count). The van der Waals surface area contributed by atoms with Gasteiger partial charge in [0.05, 0.1) is 33.5 Å². The maximum absolute atomic E-state index is 12.1. The predicted molar refractivity (Wildman–Crippen MR) is 191 cm³/mol. The SMILES string of the molecule is CC(=O)C(=O)c1ccc(OCCN2CCOCC2)c2ccccc12.COC(=O)C(=O)Cl.c1ccc2c(OCCN3CCOCC3)cccc2c1. The van der Waals surface area contributed by atoms with Crippen molar-refractivity contribution in [2.45, 2.75) is 6.92 Å². The minimum Gasteiger partial charge on any atom is -0.492 e. The number of esters is 1. The second-order valence-electron chi connectivity index (χ2n) is 11.4. The first kappa shape index (κ1) is 38.4. The van der Waals surface area contributed by atoms with Crippen molar-refractivity contribution in [3.05, 3.63) is 84.4 Å². The Bertz CT molecular complexity index is 1730. The highest BCUT2D eigenvalue weighted by atomic mass is 35.5. The second kappa shape index (κ2) is 20.3. The molecule has 2 saturated heterocycles. The number of carbonyl (C=O) groups is 4. The van der Waals surface area contributed by atoms with Gasteiger partial charge in [0.25, 0.3) is 0 Å². The minimum atomic E-state index is -1.09. The summed E-state index contributed by atoms with van der Waals surface area (Å²) in [6.07, 6.45) is 0. The van der Waals surface area contributed by atoms with Crippen LogP contribution in [0.25, 0.3) is 21.5 Å². The zero-order valence-corrected chi connectivity index (χ0v) is 29.2. The zero-order valence-electron chi connectivity index (χ0n) is 28.4. The molecule has 50 heavy (non-hydrogen) atoms. The summed E-state index contributed by atoms with van der Waals surface area (Å²) in [4.78, 5) is 47.7. The molecule has 4 aromatic carbocycles. The van der Waals surface area contributed by atoms with Crippen LogP contribution in [-0.4, -0.2) is 119 Å². The summed E-state index contributed by atoms with van der Waals surface area (Å²) in [5.41, 5.74) is 0.429. The first-order chi connectivity index (χ1) is 24.3. The molecule has 2 fully saturated rings. The molecule has 0 aromatic heterocycles. The van der Waals surface area contributed by atoms with Crippen LogP contribution < -0.4 is 9.47 Å². The van der Waals surface area contributed by atoms with Gasteiger partial charge in [0, 0.05) is 62.5 Å². The van der Waals surface area contributed by atoms with Gasteiger partial charge in [-0.2, -0.15) is 0 Å². The fourth-order valence-corrected chi connectivity index (χ4v) is 5.48. The molecule has 0 atom stereocenters. The molecule has 0 N–H and O–H groups in total. The van der Waals surface area contributed by atoms with Crippen molar-refractivity contribution >= 4 is 55.9 Å². The van der Waals surface area contributed by atoms with Gasteiger partial charge in [-0.1, -0.05) is 60.7 Å². The molecule has 0 aliphatic carbocycles. The Morgan fingerprint density at radius 2 is 1.16 bits per heavy atom.